The van der Waals surface area contributed by atoms with Gasteiger partial charge in [-0.1, -0.05) is 60.7 Å². The minimum Gasteiger partial charge on any atom is -0.374 e. The van der Waals surface area contributed by atoms with Gasteiger partial charge in [-0.15, -0.1) is 0 Å². The number of methoxy groups -OCH3 is 1. The standard InChI is InChI=1S/C20H24O4/c1-21-20-12-18(23-14-17-10-6-3-7-11-17)19(24-20)15-22-13-16-8-4-2-5-9-16/h2-11,18-20H,12-15H2,1H3/t18-,19+,20-/m0/s1. The molecule has 0 amide bonds. The van der Waals surface area contributed by atoms with Crippen LogP contribution < -0.4 is 0 Å². The average Bonchev–Trinajstić information content (AvgIpc) is 3.04. The Morgan fingerprint density at radius 2 is 1.54 bits per heavy atom. The summed E-state index contributed by atoms with van der Waals surface area (Å²) in [5.41, 5.74) is 2.31. The van der Waals surface area contributed by atoms with Crippen LogP contribution in [0.15, 0.2) is 60.7 Å². The van der Waals surface area contributed by atoms with Crippen LogP contribution >= 0.6 is 0 Å². The summed E-state index contributed by atoms with van der Waals surface area (Å²) < 4.78 is 23.1. The lowest BCUT2D eigenvalue weighted by atomic mass is 10.2. The van der Waals surface area contributed by atoms with E-state index in [2.05, 4.69) is 24.3 Å². The third kappa shape index (κ3) is 4.89. The van der Waals surface area contributed by atoms with Crippen LogP contribution in [-0.4, -0.2) is 32.2 Å². The van der Waals surface area contributed by atoms with Crippen molar-refractivity contribution in [2.24, 2.45) is 0 Å². The highest BCUT2D eigenvalue weighted by molar-refractivity contribution is 5.14. The summed E-state index contributed by atoms with van der Waals surface area (Å²) in [6.45, 7) is 1.64. The summed E-state index contributed by atoms with van der Waals surface area (Å²) in [4.78, 5) is 0. The first-order valence-corrected chi connectivity index (χ1v) is 8.30. The molecule has 0 radical (unpaired) electrons. The molecule has 1 heterocycles. The Morgan fingerprint density at radius 1 is 0.917 bits per heavy atom. The highest BCUT2D eigenvalue weighted by atomic mass is 16.7. The molecule has 2 aromatic carbocycles. The lowest BCUT2D eigenvalue weighted by Crippen LogP contribution is -2.29. The third-order valence-corrected chi connectivity index (χ3v) is 4.13. The SMILES string of the molecule is CO[C@@H]1C[C@H](OCc2ccccc2)[C@@H](COCc2ccccc2)O1. The molecule has 0 unspecified atom stereocenters. The summed E-state index contributed by atoms with van der Waals surface area (Å²) in [7, 11) is 1.66. The molecule has 0 bridgehead atoms. The molecule has 1 aliphatic rings. The molecular formula is C20H24O4. The summed E-state index contributed by atoms with van der Waals surface area (Å²) in [5, 5.41) is 0. The zero-order valence-corrected chi connectivity index (χ0v) is 14.0. The predicted octanol–water partition coefficient (Wildman–Crippen LogP) is 3.55. The molecule has 0 aromatic heterocycles. The lowest BCUT2D eigenvalue weighted by molar-refractivity contribution is -0.137. The molecule has 1 saturated heterocycles. The Labute approximate surface area is 143 Å². The second-order valence-electron chi connectivity index (χ2n) is 5.91. The van der Waals surface area contributed by atoms with Crippen LogP contribution in [0, 0.1) is 0 Å². The van der Waals surface area contributed by atoms with Crippen LogP contribution in [0.5, 0.6) is 0 Å². The van der Waals surface area contributed by atoms with Gasteiger partial charge in [0.15, 0.2) is 6.29 Å². The van der Waals surface area contributed by atoms with Gasteiger partial charge in [0, 0.05) is 13.5 Å². The first-order valence-electron chi connectivity index (χ1n) is 8.30. The fourth-order valence-electron chi connectivity index (χ4n) is 2.80. The van der Waals surface area contributed by atoms with E-state index in [9.17, 15) is 0 Å². The van der Waals surface area contributed by atoms with E-state index in [0.717, 1.165) is 17.5 Å². The minimum atomic E-state index is -0.226. The van der Waals surface area contributed by atoms with E-state index in [0.29, 0.717) is 19.8 Å². The number of ether oxygens (including phenoxy) is 4. The smallest absolute Gasteiger partial charge is 0.160 e. The van der Waals surface area contributed by atoms with Gasteiger partial charge < -0.3 is 18.9 Å². The fourth-order valence-corrected chi connectivity index (χ4v) is 2.80. The van der Waals surface area contributed by atoms with Gasteiger partial charge in [-0.05, 0) is 11.1 Å². The molecular weight excluding hydrogens is 304 g/mol. The second kappa shape index (κ2) is 8.94. The Morgan fingerprint density at radius 3 is 2.17 bits per heavy atom. The Kier molecular flexibility index (Phi) is 6.38. The van der Waals surface area contributed by atoms with Crippen molar-refractivity contribution in [3.05, 3.63) is 71.8 Å². The summed E-state index contributed by atoms with van der Waals surface area (Å²) >= 11 is 0. The van der Waals surface area contributed by atoms with Crippen LogP contribution in [0.4, 0.5) is 0 Å². The van der Waals surface area contributed by atoms with E-state index in [1.54, 1.807) is 7.11 Å². The second-order valence-corrected chi connectivity index (χ2v) is 5.91. The topological polar surface area (TPSA) is 36.9 Å². The monoisotopic (exact) mass is 328 g/mol. The van der Waals surface area contributed by atoms with Gasteiger partial charge in [0.2, 0.25) is 0 Å². The van der Waals surface area contributed by atoms with Crippen molar-refractivity contribution in [3.8, 4) is 0 Å². The van der Waals surface area contributed by atoms with Gasteiger partial charge in [-0.3, -0.25) is 0 Å². The van der Waals surface area contributed by atoms with Crippen LogP contribution in [0.3, 0.4) is 0 Å². The van der Waals surface area contributed by atoms with Crippen molar-refractivity contribution in [2.75, 3.05) is 13.7 Å². The lowest BCUT2D eigenvalue weighted by Gasteiger charge is -2.19. The number of hydrogen-bond donors (Lipinski definition) is 0. The largest absolute Gasteiger partial charge is 0.374 e. The quantitative estimate of drug-likeness (QED) is 0.742. The maximum atomic E-state index is 6.05. The van der Waals surface area contributed by atoms with Crippen molar-refractivity contribution in [1.82, 2.24) is 0 Å². The third-order valence-electron chi connectivity index (χ3n) is 4.13. The van der Waals surface area contributed by atoms with E-state index < -0.39 is 0 Å². The van der Waals surface area contributed by atoms with Crippen molar-refractivity contribution in [3.63, 3.8) is 0 Å². The molecule has 2 aromatic rings. The van der Waals surface area contributed by atoms with E-state index >= 15 is 0 Å². The van der Waals surface area contributed by atoms with Crippen molar-refractivity contribution in [1.29, 1.82) is 0 Å². The first-order chi connectivity index (χ1) is 11.8. The van der Waals surface area contributed by atoms with E-state index in [1.165, 1.54) is 0 Å². The Bertz CT molecular complexity index is 587. The van der Waals surface area contributed by atoms with Crippen LogP contribution in [0.25, 0.3) is 0 Å². The molecule has 0 spiro atoms. The molecule has 1 fully saturated rings. The van der Waals surface area contributed by atoms with Gasteiger partial charge in [-0.25, -0.2) is 0 Å². The zero-order chi connectivity index (χ0) is 16.6. The van der Waals surface area contributed by atoms with E-state index in [4.69, 9.17) is 18.9 Å². The molecule has 3 rings (SSSR count). The van der Waals surface area contributed by atoms with Crippen LogP contribution in [0.2, 0.25) is 0 Å². The maximum absolute atomic E-state index is 6.05. The van der Waals surface area contributed by atoms with E-state index in [1.807, 2.05) is 36.4 Å². The molecule has 128 valence electrons. The molecule has 3 atom stereocenters. The van der Waals surface area contributed by atoms with Crippen molar-refractivity contribution >= 4 is 0 Å². The molecule has 24 heavy (non-hydrogen) atoms. The summed E-state index contributed by atoms with van der Waals surface area (Å²) in [5.74, 6) is 0. The van der Waals surface area contributed by atoms with Gasteiger partial charge in [-0.2, -0.15) is 0 Å². The maximum Gasteiger partial charge on any atom is 0.160 e. The zero-order valence-electron chi connectivity index (χ0n) is 14.0. The molecule has 1 aliphatic heterocycles. The highest BCUT2D eigenvalue weighted by Gasteiger charge is 2.36. The molecule has 0 N–H and O–H groups in total. The molecule has 0 saturated carbocycles. The number of rotatable bonds is 8. The van der Waals surface area contributed by atoms with Gasteiger partial charge in [0.1, 0.15) is 6.10 Å². The summed E-state index contributed by atoms with van der Waals surface area (Å²) in [6.07, 6.45) is 0.368. The van der Waals surface area contributed by atoms with Crippen molar-refractivity contribution in [2.45, 2.75) is 38.1 Å². The van der Waals surface area contributed by atoms with Crippen molar-refractivity contribution < 1.29 is 18.9 Å². The Hall–Kier alpha value is -1.72. The van der Waals surface area contributed by atoms with E-state index in [-0.39, 0.29) is 18.5 Å². The van der Waals surface area contributed by atoms with Gasteiger partial charge in [0.25, 0.3) is 0 Å². The van der Waals surface area contributed by atoms with Crippen LogP contribution in [-0.2, 0) is 32.2 Å². The normalized spacial score (nSPS) is 23.5. The van der Waals surface area contributed by atoms with Gasteiger partial charge in [0.05, 0.1) is 25.9 Å². The Balaban J connectivity index is 1.49. The predicted molar refractivity (Wildman–Crippen MR) is 91.4 cm³/mol. The molecule has 4 nitrogen and oxygen atoms in total. The molecule has 0 aliphatic carbocycles. The van der Waals surface area contributed by atoms with Gasteiger partial charge >= 0.3 is 0 Å². The summed E-state index contributed by atoms with van der Waals surface area (Å²) in [6, 6.07) is 20.3. The number of hydrogen-bond acceptors (Lipinski definition) is 4. The fraction of sp³-hybridized carbons (Fsp3) is 0.400. The minimum absolute atomic E-state index is 0.0223. The number of benzene rings is 2. The highest BCUT2D eigenvalue weighted by Crippen LogP contribution is 2.25. The van der Waals surface area contributed by atoms with Crippen LogP contribution in [0.1, 0.15) is 17.5 Å². The average molecular weight is 328 g/mol. The first kappa shape index (κ1) is 17.1. The molecule has 4 heteroatoms.